The molecule has 0 saturated heterocycles. The highest BCUT2D eigenvalue weighted by molar-refractivity contribution is 5.50. The Hall–Kier alpha value is -1.80. The first kappa shape index (κ1) is 14.6. The lowest BCUT2D eigenvalue weighted by Gasteiger charge is -2.21. The molecule has 0 aliphatic carbocycles. The average molecular weight is 268 g/mol. The molecule has 0 bridgehead atoms. The second-order valence-electron chi connectivity index (χ2n) is 5.34. The highest BCUT2D eigenvalue weighted by atomic mass is 15.1. The predicted molar refractivity (Wildman–Crippen MR) is 87.0 cm³/mol. The van der Waals surface area contributed by atoms with Crippen LogP contribution in [0.25, 0.3) is 0 Å². The van der Waals surface area contributed by atoms with E-state index in [0.29, 0.717) is 6.54 Å². The lowest BCUT2D eigenvalue weighted by atomic mass is 10.1. The Morgan fingerprint density at radius 1 is 1.00 bits per heavy atom. The Bertz CT molecular complexity index is 558. The van der Waals surface area contributed by atoms with Gasteiger partial charge in [0.15, 0.2) is 0 Å². The van der Waals surface area contributed by atoms with Crippen molar-refractivity contribution in [2.45, 2.75) is 33.4 Å². The van der Waals surface area contributed by atoms with Gasteiger partial charge in [0.2, 0.25) is 0 Å². The van der Waals surface area contributed by atoms with Crippen LogP contribution < -0.4 is 10.6 Å². The summed E-state index contributed by atoms with van der Waals surface area (Å²) < 4.78 is 0. The molecule has 0 heterocycles. The summed E-state index contributed by atoms with van der Waals surface area (Å²) >= 11 is 0. The zero-order chi connectivity index (χ0) is 14.5. The Balaban J connectivity index is 2.10. The van der Waals surface area contributed by atoms with Crippen molar-refractivity contribution in [1.82, 2.24) is 0 Å². The summed E-state index contributed by atoms with van der Waals surface area (Å²) in [6.07, 6.45) is 1.09. The van der Waals surface area contributed by atoms with E-state index >= 15 is 0 Å². The van der Waals surface area contributed by atoms with E-state index in [4.69, 9.17) is 5.73 Å². The number of anilines is 1. The minimum Gasteiger partial charge on any atom is -0.370 e. The van der Waals surface area contributed by atoms with Crippen molar-refractivity contribution < 1.29 is 0 Å². The Morgan fingerprint density at radius 2 is 1.65 bits per heavy atom. The molecule has 0 aliphatic rings. The van der Waals surface area contributed by atoms with Crippen LogP contribution in [0.1, 0.15) is 29.2 Å². The largest absolute Gasteiger partial charge is 0.370 e. The summed E-state index contributed by atoms with van der Waals surface area (Å²) in [5, 5.41) is 0. The number of nitrogens with two attached hydrogens (primary N) is 1. The normalized spacial score (nSPS) is 10.6. The van der Waals surface area contributed by atoms with E-state index in [-0.39, 0.29) is 0 Å². The molecule has 2 rings (SSSR count). The Labute approximate surface area is 122 Å². The molecule has 20 heavy (non-hydrogen) atoms. The fourth-order valence-corrected chi connectivity index (χ4v) is 2.39. The van der Waals surface area contributed by atoms with Gasteiger partial charge in [0.1, 0.15) is 0 Å². The lowest BCUT2D eigenvalue weighted by molar-refractivity contribution is 0.917. The third kappa shape index (κ3) is 3.40. The van der Waals surface area contributed by atoms with Crippen molar-refractivity contribution in [2.24, 2.45) is 5.73 Å². The molecule has 0 saturated carbocycles. The van der Waals surface area contributed by atoms with Crippen LogP contribution in [0.15, 0.2) is 42.5 Å². The molecule has 2 N–H and O–H groups in total. The summed E-state index contributed by atoms with van der Waals surface area (Å²) in [6, 6.07) is 15.4. The van der Waals surface area contributed by atoms with E-state index in [1.807, 2.05) is 0 Å². The fraction of sp³-hybridized carbons (Fsp3) is 0.333. The minimum atomic E-state index is 0.605. The van der Waals surface area contributed by atoms with E-state index in [0.717, 1.165) is 13.0 Å². The molecule has 0 fully saturated rings. The monoisotopic (exact) mass is 268 g/mol. The molecule has 0 amide bonds. The Morgan fingerprint density at radius 3 is 2.20 bits per heavy atom. The van der Waals surface area contributed by atoms with E-state index in [1.54, 1.807) is 0 Å². The van der Waals surface area contributed by atoms with E-state index in [9.17, 15) is 0 Å². The molecule has 0 unspecified atom stereocenters. The first-order valence-corrected chi connectivity index (χ1v) is 7.22. The van der Waals surface area contributed by atoms with Crippen LogP contribution in [0.5, 0.6) is 0 Å². The summed E-state index contributed by atoms with van der Waals surface area (Å²) in [6.45, 7) is 5.83. The number of rotatable bonds is 5. The predicted octanol–water partition coefficient (Wildman–Crippen LogP) is 3.65. The number of hydrogen-bond donors (Lipinski definition) is 1. The van der Waals surface area contributed by atoms with Crippen molar-refractivity contribution in [3.63, 3.8) is 0 Å². The van der Waals surface area contributed by atoms with Gasteiger partial charge in [-0.1, -0.05) is 37.3 Å². The van der Waals surface area contributed by atoms with Crippen LogP contribution in [0.2, 0.25) is 0 Å². The summed E-state index contributed by atoms with van der Waals surface area (Å²) in [7, 11) is 2.13. The molecular formula is C18H24N2. The first-order chi connectivity index (χ1) is 9.63. The van der Waals surface area contributed by atoms with Crippen molar-refractivity contribution in [2.75, 3.05) is 11.9 Å². The molecule has 106 valence electrons. The maximum atomic E-state index is 5.71. The highest BCUT2D eigenvalue weighted by Crippen LogP contribution is 2.20. The SMILES string of the molecule is CCc1ccc(CN(C)c2ccc(CN)c(C)c2)cc1. The maximum absolute atomic E-state index is 5.71. The van der Waals surface area contributed by atoms with Gasteiger partial charge in [0.05, 0.1) is 0 Å². The van der Waals surface area contributed by atoms with Gasteiger partial charge in [-0.3, -0.25) is 0 Å². The topological polar surface area (TPSA) is 29.3 Å². The van der Waals surface area contributed by atoms with Crippen LogP contribution in [-0.2, 0) is 19.5 Å². The van der Waals surface area contributed by atoms with Gasteiger partial charge in [-0.25, -0.2) is 0 Å². The molecule has 2 heteroatoms. The summed E-state index contributed by atoms with van der Waals surface area (Å²) in [5.74, 6) is 0. The van der Waals surface area contributed by atoms with Crippen molar-refractivity contribution in [3.05, 3.63) is 64.7 Å². The second kappa shape index (κ2) is 6.58. The van der Waals surface area contributed by atoms with Crippen LogP contribution in [0.4, 0.5) is 5.69 Å². The standard InChI is InChI=1S/C18H24N2/c1-4-15-5-7-16(8-6-15)13-20(3)18-10-9-17(12-19)14(2)11-18/h5-11H,4,12-13,19H2,1-3H3. The van der Waals surface area contributed by atoms with Gasteiger partial charge < -0.3 is 10.6 Å². The van der Waals surface area contributed by atoms with E-state index in [1.165, 1.54) is 27.9 Å². The lowest BCUT2D eigenvalue weighted by Crippen LogP contribution is -2.16. The van der Waals surface area contributed by atoms with Crippen LogP contribution in [-0.4, -0.2) is 7.05 Å². The van der Waals surface area contributed by atoms with Crippen molar-refractivity contribution in [1.29, 1.82) is 0 Å². The third-order valence-corrected chi connectivity index (χ3v) is 3.84. The molecule has 0 aromatic heterocycles. The molecule has 0 radical (unpaired) electrons. The molecule has 0 atom stereocenters. The van der Waals surface area contributed by atoms with Gasteiger partial charge in [-0.2, -0.15) is 0 Å². The van der Waals surface area contributed by atoms with Crippen molar-refractivity contribution in [3.8, 4) is 0 Å². The molecule has 2 nitrogen and oxygen atoms in total. The quantitative estimate of drug-likeness (QED) is 0.897. The van der Waals surface area contributed by atoms with Gasteiger partial charge in [0.25, 0.3) is 0 Å². The summed E-state index contributed by atoms with van der Waals surface area (Å²) in [5.41, 5.74) is 12.2. The fourth-order valence-electron chi connectivity index (χ4n) is 2.39. The average Bonchev–Trinajstić information content (AvgIpc) is 2.48. The molecule has 0 spiro atoms. The van der Waals surface area contributed by atoms with Crippen LogP contribution in [0.3, 0.4) is 0 Å². The minimum absolute atomic E-state index is 0.605. The molecular weight excluding hydrogens is 244 g/mol. The van der Waals surface area contributed by atoms with Crippen molar-refractivity contribution >= 4 is 5.69 Å². The number of aryl methyl sites for hydroxylation is 2. The smallest absolute Gasteiger partial charge is 0.0426 e. The molecule has 2 aromatic rings. The zero-order valence-corrected chi connectivity index (χ0v) is 12.7. The number of benzene rings is 2. The maximum Gasteiger partial charge on any atom is 0.0426 e. The zero-order valence-electron chi connectivity index (χ0n) is 12.7. The second-order valence-corrected chi connectivity index (χ2v) is 5.34. The van der Waals surface area contributed by atoms with E-state index in [2.05, 4.69) is 68.3 Å². The van der Waals surface area contributed by atoms with E-state index < -0.39 is 0 Å². The van der Waals surface area contributed by atoms with Gasteiger partial charge >= 0.3 is 0 Å². The molecule has 0 aliphatic heterocycles. The van der Waals surface area contributed by atoms with Gasteiger partial charge in [-0.05, 0) is 47.7 Å². The summed E-state index contributed by atoms with van der Waals surface area (Å²) in [4.78, 5) is 2.27. The first-order valence-electron chi connectivity index (χ1n) is 7.22. The third-order valence-electron chi connectivity index (χ3n) is 3.84. The number of nitrogens with zero attached hydrogens (tertiary/aromatic N) is 1. The van der Waals surface area contributed by atoms with Crippen LogP contribution in [0, 0.1) is 6.92 Å². The van der Waals surface area contributed by atoms with Crippen LogP contribution >= 0.6 is 0 Å². The van der Waals surface area contributed by atoms with Gasteiger partial charge in [-0.15, -0.1) is 0 Å². The Kier molecular flexibility index (Phi) is 4.80. The highest BCUT2D eigenvalue weighted by Gasteiger charge is 2.04. The number of hydrogen-bond acceptors (Lipinski definition) is 2. The van der Waals surface area contributed by atoms with Gasteiger partial charge in [0, 0.05) is 25.8 Å². The molecule has 2 aromatic carbocycles.